The lowest BCUT2D eigenvalue weighted by Crippen LogP contribution is -2.29. The fraction of sp³-hybridized carbons (Fsp3) is 0.944. The maximum absolute atomic E-state index is 10.6. The minimum atomic E-state index is -1.11. The smallest absolute Gasteiger partial charge is 0.450 e. The Bertz CT molecular complexity index is 300. The average molecular weight is 296 g/mol. The van der Waals surface area contributed by atoms with Crippen molar-refractivity contribution in [3.05, 3.63) is 0 Å². The second-order valence-electron chi connectivity index (χ2n) is 7.20. The number of ether oxygens (including phenoxy) is 1. The summed E-state index contributed by atoms with van der Waals surface area (Å²) < 4.78 is 4.92. The van der Waals surface area contributed by atoms with Gasteiger partial charge in [-0.25, -0.2) is 4.79 Å². The second-order valence-corrected chi connectivity index (χ2v) is 7.20. The Morgan fingerprint density at radius 1 is 0.952 bits per heavy atom. The van der Waals surface area contributed by atoms with Crippen LogP contribution in [0.5, 0.6) is 0 Å². The van der Waals surface area contributed by atoms with Crippen LogP contribution in [0.4, 0.5) is 4.79 Å². The molecule has 0 aromatic rings. The van der Waals surface area contributed by atoms with Crippen molar-refractivity contribution in [3.8, 4) is 0 Å². The molecule has 0 aromatic heterocycles. The molecule has 2 aliphatic carbocycles. The zero-order valence-electron chi connectivity index (χ0n) is 13.6. The van der Waals surface area contributed by atoms with Gasteiger partial charge in [0.15, 0.2) is 0 Å². The van der Waals surface area contributed by atoms with E-state index >= 15 is 0 Å². The molecule has 0 atom stereocenters. The van der Waals surface area contributed by atoms with Gasteiger partial charge in [0.1, 0.15) is 6.10 Å². The molecule has 0 aliphatic heterocycles. The van der Waals surface area contributed by atoms with Crippen molar-refractivity contribution >= 4 is 6.16 Å². The lowest BCUT2D eigenvalue weighted by atomic mass is 9.70. The molecule has 3 nitrogen and oxygen atoms in total. The lowest BCUT2D eigenvalue weighted by Gasteiger charge is -2.37. The zero-order valence-corrected chi connectivity index (χ0v) is 13.6. The van der Waals surface area contributed by atoms with Gasteiger partial charge >= 0.3 is 6.16 Å². The van der Waals surface area contributed by atoms with E-state index in [9.17, 15) is 4.79 Å². The van der Waals surface area contributed by atoms with E-state index in [0.29, 0.717) is 0 Å². The van der Waals surface area contributed by atoms with E-state index < -0.39 is 6.16 Å². The second kappa shape index (κ2) is 8.65. The van der Waals surface area contributed by atoms with Crippen molar-refractivity contribution in [1.29, 1.82) is 0 Å². The van der Waals surface area contributed by atoms with E-state index in [2.05, 4.69) is 6.92 Å². The van der Waals surface area contributed by atoms with Crippen LogP contribution in [0.15, 0.2) is 0 Å². The summed E-state index contributed by atoms with van der Waals surface area (Å²) in [5.41, 5.74) is 0. The Morgan fingerprint density at radius 3 is 2.05 bits per heavy atom. The highest BCUT2D eigenvalue weighted by molar-refractivity contribution is 5.57. The molecule has 3 heteroatoms. The van der Waals surface area contributed by atoms with Gasteiger partial charge in [0, 0.05) is 0 Å². The Balaban J connectivity index is 1.63. The summed E-state index contributed by atoms with van der Waals surface area (Å²) in [6.45, 7) is 2.28. The molecule has 0 radical (unpaired) electrons. The van der Waals surface area contributed by atoms with Crippen LogP contribution >= 0.6 is 0 Å². The summed E-state index contributed by atoms with van der Waals surface area (Å²) in [5.74, 6) is 2.72. The van der Waals surface area contributed by atoms with E-state index in [-0.39, 0.29) is 6.10 Å². The topological polar surface area (TPSA) is 46.5 Å². The normalized spacial score (nSPS) is 33.6. The SMILES string of the molecule is CCCCCC1CCC(C2CCC(OC(=O)O)CC2)CC1. The third-order valence-corrected chi connectivity index (χ3v) is 5.76. The van der Waals surface area contributed by atoms with Crippen LogP contribution in [0.25, 0.3) is 0 Å². The summed E-state index contributed by atoms with van der Waals surface area (Å²) in [5, 5.41) is 8.68. The van der Waals surface area contributed by atoms with Crippen molar-refractivity contribution < 1.29 is 14.6 Å². The molecule has 2 saturated carbocycles. The van der Waals surface area contributed by atoms with Gasteiger partial charge in [-0.3, -0.25) is 0 Å². The van der Waals surface area contributed by atoms with Crippen LogP contribution in [0.1, 0.15) is 84.0 Å². The number of unbranched alkanes of at least 4 members (excludes halogenated alkanes) is 2. The first-order valence-electron chi connectivity index (χ1n) is 9.08. The van der Waals surface area contributed by atoms with Crippen molar-refractivity contribution in [2.24, 2.45) is 17.8 Å². The van der Waals surface area contributed by atoms with Gasteiger partial charge in [-0.15, -0.1) is 0 Å². The zero-order chi connectivity index (χ0) is 15.1. The van der Waals surface area contributed by atoms with Crippen molar-refractivity contribution in [1.82, 2.24) is 0 Å². The first-order chi connectivity index (χ1) is 10.2. The molecule has 0 amide bonds. The number of hydrogen-bond acceptors (Lipinski definition) is 2. The number of carbonyl (C=O) groups is 1. The molecular formula is C18H32O3. The van der Waals surface area contributed by atoms with E-state index in [1.165, 1.54) is 64.2 Å². The molecule has 0 spiro atoms. The van der Waals surface area contributed by atoms with Crippen LogP contribution in [-0.2, 0) is 4.74 Å². The Labute approximate surface area is 129 Å². The van der Waals surface area contributed by atoms with E-state index in [4.69, 9.17) is 9.84 Å². The third kappa shape index (κ3) is 5.52. The van der Waals surface area contributed by atoms with Gasteiger partial charge < -0.3 is 9.84 Å². The monoisotopic (exact) mass is 296 g/mol. The molecule has 2 fully saturated rings. The Hall–Kier alpha value is -0.730. The molecule has 0 heterocycles. The maximum atomic E-state index is 10.6. The summed E-state index contributed by atoms with van der Waals surface area (Å²) in [7, 11) is 0. The van der Waals surface area contributed by atoms with Crippen LogP contribution in [0, 0.1) is 17.8 Å². The van der Waals surface area contributed by atoms with E-state index in [0.717, 1.165) is 30.6 Å². The third-order valence-electron chi connectivity index (χ3n) is 5.76. The summed E-state index contributed by atoms with van der Waals surface area (Å²) in [4.78, 5) is 10.6. The molecule has 0 aromatic carbocycles. The largest absolute Gasteiger partial charge is 0.506 e. The minimum absolute atomic E-state index is 0.0378. The fourth-order valence-corrected chi connectivity index (χ4v) is 4.45. The molecule has 1 N–H and O–H groups in total. The standard InChI is InChI=1S/C18H32O3/c1-2-3-4-5-14-6-8-15(9-7-14)16-10-12-17(13-11-16)21-18(19)20/h14-17H,2-13H2,1H3,(H,19,20). The molecular weight excluding hydrogens is 264 g/mol. The van der Waals surface area contributed by atoms with Crippen LogP contribution in [-0.4, -0.2) is 17.4 Å². The molecule has 21 heavy (non-hydrogen) atoms. The van der Waals surface area contributed by atoms with Gasteiger partial charge in [0.05, 0.1) is 0 Å². The fourth-order valence-electron chi connectivity index (χ4n) is 4.45. The molecule has 0 bridgehead atoms. The summed E-state index contributed by atoms with van der Waals surface area (Å²) in [6, 6.07) is 0. The predicted molar refractivity (Wildman–Crippen MR) is 84.4 cm³/mol. The molecule has 0 saturated heterocycles. The van der Waals surface area contributed by atoms with Crippen LogP contribution < -0.4 is 0 Å². The van der Waals surface area contributed by atoms with E-state index in [1.54, 1.807) is 0 Å². The highest BCUT2D eigenvalue weighted by atomic mass is 16.7. The van der Waals surface area contributed by atoms with Gasteiger partial charge in [0.25, 0.3) is 0 Å². The molecule has 2 aliphatic rings. The van der Waals surface area contributed by atoms with Gasteiger partial charge in [-0.1, -0.05) is 45.4 Å². The number of carboxylic acid groups (broad SMARTS) is 1. The number of hydrogen-bond donors (Lipinski definition) is 1. The average Bonchev–Trinajstić information content (AvgIpc) is 2.49. The summed E-state index contributed by atoms with van der Waals surface area (Å²) >= 11 is 0. The van der Waals surface area contributed by atoms with Crippen LogP contribution in [0.3, 0.4) is 0 Å². The van der Waals surface area contributed by atoms with Gasteiger partial charge in [-0.05, 0) is 56.3 Å². The lowest BCUT2D eigenvalue weighted by molar-refractivity contribution is 0.0191. The molecule has 0 unspecified atom stereocenters. The van der Waals surface area contributed by atoms with E-state index in [1.807, 2.05) is 0 Å². The van der Waals surface area contributed by atoms with Crippen molar-refractivity contribution in [2.45, 2.75) is 90.1 Å². The molecule has 2 rings (SSSR count). The minimum Gasteiger partial charge on any atom is -0.450 e. The van der Waals surface area contributed by atoms with Crippen molar-refractivity contribution in [3.63, 3.8) is 0 Å². The van der Waals surface area contributed by atoms with Crippen molar-refractivity contribution in [2.75, 3.05) is 0 Å². The maximum Gasteiger partial charge on any atom is 0.506 e. The summed E-state index contributed by atoms with van der Waals surface area (Å²) in [6.07, 6.45) is 14.3. The highest BCUT2D eigenvalue weighted by Crippen LogP contribution is 2.41. The Morgan fingerprint density at radius 2 is 1.52 bits per heavy atom. The van der Waals surface area contributed by atoms with Gasteiger partial charge in [-0.2, -0.15) is 0 Å². The number of rotatable bonds is 6. The first-order valence-corrected chi connectivity index (χ1v) is 9.08. The predicted octanol–water partition coefficient (Wildman–Crippen LogP) is 5.63. The molecule has 122 valence electrons. The quantitative estimate of drug-likeness (QED) is 0.510. The van der Waals surface area contributed by atoms with Crippen LogP contribution in [0.2, 0.25) is 0 Å². The highest BCUT2D eigenvalue weighted by Gasteiger charge is 2.31. The first kappa shape index (κ1) is 16.6. The van der Waals surface area contributed by atoms with Gasteiger partial charge in [0.2, 0.25) is 0 Å². The Kier molecular flexibility index (Phi) is 6.85.